The van der Waals surface area contributed by atoms with E-state index in [4.69, 9.17) is 9.15 Å². The summed E-state index contributed by atoms with van der Waals surface area (Å²) in [6.45, 7) is 3.09. The minimum atomic E-state index is -0.685. The van der Waals surface area contributed by atoms with Crippen LogP contribution in [-0.4, -0.2) is 24.4 Å². The standard InChI is InChI=1S/C20H21NO4/c1-14-6-5-9-17-20(14)18(10-19(23)25-17)24-13-16(22)12-21-11-15-7-3-2-4-8-15/h2-10,16,21-22H,11-13H2,1H3. The molecule has 0 saturated carbocycles. The molecular weight excluding hydrogens is 318 g/mol. The number of rotatable bonds is 7. The lowest BCUT2D eigenvalue weighted by Crippen LogP contribution is -2.31. The van der Waals surface area contributed by atoms with Gasteiger partial charge in [-0.2, -0.15) is 0 Å². The highest BCUT2D eigenvalue weighted by molar-refractivity contribution is 5.86. The van der Waals surface area contributed by atoms with Crippen LogP contribution in [0.15, 0.2) is 63.8 Å². The van der Waals surface area contributed by atoms with E-state index in [1.807, 2.05) is 49.4 Å². The van der Waals surface area contributed by atoms with E-state index in [9.17, 15) is 9.90 Å². The van der Waals surface area contributed by atoms with Crippen molar-refractivity contribution in [1.82, 2.24) is 5.32 Å². The molecule has 3 aromatic rings. The molecule has 1 atom stereocenters. The maximum atomic E-state index is 11.7. The van der Waals surface area contributed by atoms with Crippen LogP contribution in [0, 0.1) is 6.92 Å². The lowest BCUT2D eigenvalue weighted by molar-refractivity contribution is 0.106. The van der Waals surface area contributed by atoms with Gasteiger partial charge in [-0.3, -0.25) is 0 Å². The van der Waals surface area contributed by atoms with Crippen molar-refractivity contribution >= 4 is 11.0 Å². The van der Waals surface area contributed by atoms with Gasteiger partial charge >= 0.3 is 5.63 Å². The number of ether oxygens (including phenoxy) is 1. The SMILES string of the molecule is Cc1cccc2oc(=O)cc(OCC(O)CNCc3ccccc3)c12. The van der Waals surface area contributed by atoms with Gasteiger partial charge in [0.05, 0.1) is 11.5 Å². The largest absolute Gasteiger partial charge is 0.490 e. The van der Waals surface area contributed by atoms with Crippen LogP contribution in [0.5, 0.6) is 5.75 Å². The average Bonchev–Trinajstić information content (AvgIpc) is 2.60. The molecule has 130 valence electrons. The van der Waals surface area contributed by atoms with E-state index >= 15 is 0 Å². The Hall–Kier alpha value is -2.63. The fraction of sp³-hybridized carbons (Fsp3) is 0.250. The molecule has 0 fully saturated rings. The molecule has 5 nitrogen and oxygen atoms in total. The molecule has 1 unspecified atom stereocenters. The van der Waals surface area contributed by atoms with Gasteiger partial charge in [-0.05, 0) is 24.1 Å². The Morgan fingerprint density at radius 2 is 1.96 bits per heavy atom. The van der Waals surface area contributed by atoms with Crippen LogP contribution in [0.2, 0.25) is 0 Å². The summed E-state index contributed by atoms with van der Waals surface area (Å²) in [5.41, 5.74) is 2.12. The lowest BCUT2D eigenvalue weighted by Gasteiger charge is -2.15. The quantitative estimate of drug-likeness (QED) is 0.648. The first kappa shape index (κ1) is 17.2. The predicted octanol–water partition coefficient (Wildman–Crippen LogP) is 2.63. The zero-order chi connectivity index (χ0) is 17.6. The molecule has 0 radical (unpaired) electrons. The molecule has 0 bridgehead atoms. The molecule has 0 saturated heterocycles. The molecule has 5 heteroatoms. The molecule has 3 rings (SSSR count). The van der Waals surface area contributed by atoms with Crippen molar-refractivity contribution in [1.29, 1.82) is 0 Å². The minimum Gasteiger partial charge on any atom is -0.490 e. The summed E-state index contributed by atoms with van der Waals surface area (Å²) in [6, 6.07) is 16.8. The third-order valence-corrected chi connectivity index (χ3v) is 3.92. The number of fused-ring (bicyclic) bond motifs is 1. The Morgan fingerprint density at radius 1 is 1.16 bits per heavy atom. The third kappa shape index (κ3) is 4.47. The van der Waals surface area contributed by atoms with Crippen molar-refractivity contribution in [3.8, 4) is 5.75 Å². The van der Waals surface area contributed by atoms with E-state index in [0.29, 0.717) is 24.4 Å². The highest BCUT2D eigenvalue weighted by atomic mass is 16.5. The van der Waals surface area contributed by atoms with Crippen molar-refractivity contribution in [3.63, 3.8) is 0 Å². The zero-order valence-corrected chi connectivity index (χ0v) is 14.1. The molecule has 1 heterocycles. The summed E-state index contributed by atoms with van der Waals surface area (Å²) in [7, 11) is 0. The van der Waals surface area contributed by atoms with Gasteiger partial charge in [0.2, 0.25) is 0 Å². The van der Waals surface area contributed by atoms with Crippen LogP contribution in [0.25, 0.3) is 11.0 Å². The maximum Gasteiger partial charge on any atom is 0.339 e. The smallest absolute Gasteiger partial charge is 0.339 e. The number of hydrogen-bond acceptors (Lipinski definition) is 5. The van der Waals surface area contributed by atoms with Crippen LogP contribution in [0.3, 0.4) is 0 Å². The summed E-state index contributed by atoms with van der Waals surface area (Å²) in [6.07, 6.45) is -0.685. The van der Waals surface area contributed by atoms with E-state index < -0.39 is 11.7 Å². The summed E-state index contributed by atoms with van der Waals surface area (Å²) in [5, 5.41) is 14.1. The monoisotopic (exact) mass is 339 g/mol. The van der Waals surface area contributed by atoms with Crippen LogP contribution in [-0.2, 0) is 6.54 Å². The number of aliphatic hydroxyl groups is 1. The number of benzene rings is 2. The molecule has 0 amide bonds. The fourth-order valence-electron chi connectivity index (χ4n) is 2.70. The molecule has 25 heavy (non-hydrogen) atoms. The minimum absolute atomic E-state index is 0.0919. The Balaban J connectivity index is 1.59. The van der Waals surface area contributed by atoms with Gasteiger partial charge in [-0.1, -0.05) is 42.5 Å². The van der Waals surface area contributed by atoms with Crippen LogP contribution in [0.1, 0.15) is 11.1 Å². The Kier molecular flexibility index (Phi) is 5.48. The van der Waals surface area contributed by atoms with E-state index in [0.717, 1.165) is 16.5 Å². The number of aryl methyl sites for hydroxylation is 1. The van der Waals surface area contributed by atoms with Crippen LogP contribution >= 0.6 is 0 Å². The molecule has 0 aliphatic heterocycles. The molecule has 2 aromatic carbocycles. The first-order valence-electron chi connectivity index (χ1n) is 8.22. The lowest BCUT2D eigenvalue weighted by atomic mass is 10.1. The van der Waals surface area contributed by atoms with Gasteiger partial charge in [0.1, 0.15) is 24.0 Å². The molecule has 1 aromatic heterocycles. The summed E-state index contributed by atoms with van der Waals surface area (Å²) >= 11 is 0. The Morgan fingerprint density at radius 3 is 2.76 bits per heavy atom. The Bertz CT molecular complexity index is 889. The van der Waals surface area contributed by atoms with Gasteiger partial charge in [-0.25, -0.2) is 4.79 Å². The third-order valence-electron chi connectivity index (χ3n) is 3.92. The molecule has 2 N–H and O–H groups in total. The summed E-state index contributed by atoms with van der Waals surface area (Å²) in [5.74, 6) is 0.437. The molecular formula is C20H21NO4. The van der Waals surface area contributed by atoms with Gasteiger partial charge in [0, 0.05) is 13.1 Å². The van der Waals surface area contributed by atoms with Crippen molar-refractivity contribution in [2.75, 3.05) is 13.2 Å². The highest BCUT2D eigenvalue weighted by Gasteiger charge is 2.11. The molecule has 0 aliphatic rings. The van der Waals surface area contributed by atoms with Gasteiger partial charge in [-0.15, -0.1) is 0 Å². The number of hydrogen-bond donors (Lipinski definition) is 2. The van der Waals surface area contributed by atoms with Gasteiger partial charge in [0.25, 0.3) is 0 Å². The zero-order valence-electron chi connectivity index (χ0n) is 14.1. The summed E-state index contributed by atoms with van der Waals surface area (Å²) in [4.78, 5) is 11.7. The maximum absolute atomic E-state index is 11.7. The van der Waals surface area contributed by atoms with E-state index in [1.54, 1.807) is 6.07 Å². The fourth-order valence-corrected chi connectivity index (χ4v) is 2.70. The van der Waals surface area contributed by atoms with Gasteiger partial charge in [0.15, 0.2) is 0 Å². The highest BCUT2D eigenvalue weighted by Crippen LogP contribution is 2.26. The Labute approximate surface area is 145 Å². The van der Waals surface area contributed by atoms with Gasteiger partial charge < -0.3 is 19.6 Å². The van der Waals surface area contributed by atoms with Crippen molar-refractivity contribution in [3.05, 3.63) is 76.1 Å². The summed E-state index contributed by atoms with van der Waals surface area (Å²) < 4.78 is 10.9. The predicted molar refractivity (Wildman–Crippen MR) is 96.9 cm³/mol. The van der Waals surface area contributed by atoms with Crippen molar-refractivity contribution < 1.29 is 14.3 Å². The second kappa shape index (κ2) is 7.96. The van der Waals surface area contributed by atoms with E-state index in [2.05, 4.69) is 5.32 Å². The molecule has 0 spiro atoms. The second-order valence-electron chi connectivity index (χ2n) is 5.96. The van der Waals surface area contributed by atoms with Crippen LogP contribution in [0.4, 0.5) is 0 Å². The van der Waals surface area contributed by atoms with Crippen LogP contribution < -0.4 is 15.7 Å². The molecule has 0 aliphatic carbocycles. The van der Waals surface area contributed by atoms with Crippen molar-refractivity contribution in [2.24, 2.45) is 0 Å². The van der Waals surface area contributed by atoms with E-state index in [1.165, 1.54) is 6.07 Å². The van der Waals surface area contributed by atoms with Crippen molar-refractivity contribution in [2.45, 2.75) is 19.6 Å². The topological polar surface area (TPSA) is 71.7 Å². The average molecular weight is 339 g/mol. The number of aliphatic hydroxyl groups excluding tert-OH is 1. The van der Waals surface area contributed by atoms with E-state index in [-0.39, 0.29) is 6.61 Å². The normalized spacial score (nSPS) is 12.2. The number of nitrogens with one attached hydrogen (secondary N) is 1. The second-order valence-corrected chi connectivity index (χ2v) is 5.96. The first-order chi connectivity index (χ1) is 12.1. The first-order valence-corrected chi connectivity index (χ1v) is 8.22.